The molecule has 0 aliphatic rings. The number of carbonyl (C=O) groups excluding carboxylic acids is 1. The van der Waals surface area contributed by atoms with E-state index in [0.717, 1.165) is 4.90 Å². The Hall–Kier alpha value is -1.52. The van der Waals surface area contributed by atoms with E-state index < -0.39 is 11.7 Å². The molecule has 0 unspecified atom stereocenters. The van der Waals surface area contributed by atoms with Gasteiger partial charge in [0.2, 0.25) is 0 Å². The van der Waals surface area contributed by atoms with Crippen LogP contribution in [-0.4, -0.2) is 5.91 Å². The summed E-state index contributed by atoms with van der Waals surface area (Å²) >= 11 is 9.94. The molecule has 0 spiro atoms. The van der Waals surface area contributed by atoms with Crippen LogP contribution in [0.3, 0.4) is 0 Å². The zero-order chi connectivity index (χ0) is 13.1. The van der Waals surface area contributed by atoms with Crippen LogP contribution >= 0.6 is 24.2 Å². The maximum atomic E-state index is 13.5. The van der Waals surface area contributed by atoms with E-state index in [4.69, 9.17) is 11.6 Å². The van der Waals surface area contributed by atoms with Crippen molar-refractivity contribution in [3.63, 3.8) is 0 Å². The van der Waals surface area contributed by atoms with Crippen molar-refractivity contribution in [2.45, 2.75) is 4.90 Å². The third-order valence-electron chi connectivity index (χ3n) is 2.33. The van der Waals surface area contributed by atoms with Gasteiger partial charge < -0.3 is 5.32 Å². The molecule has 0 heterocycles. The van der Waals surface area contributed by atoms with Crippen molar-refractivity contribution in [3.05, 3.63) is 58.9 Å². The number of benzene rings is 2. The standard InChI is InChI=1S/C13H9ClFNOS/c14-10-2-1-3-11(15)12(10)16-13(17)8-4-6-9(18)7-5-8/h1-7,18H,(H,16,17). The summed E-state index contributed by atoms with van der Waals surface area (Å²) in [5.74, 6) is -0.989. The highest BCUT2D eigenvalue weighted by Gasteiger charge is 2.11. The third kappa shape index (κ3) is 2.83. The molecule has 2 aromatic carbocycles. The summed E-state index contributed by atoms with van der Waals surface area (Å²) in [6, 6.07) is 10.8. The SMILES string of the molecule is O=C(Nc1c(F)cccc1Cl)c1ccc(S)cc1. The summed E-state index contributed by atoms with van der Waals surface area (Å²) in [5.41, 5.74) is 0.395. The summed E-state index contributed by atoms with van der Waals surface area (Å²) in [6.07, 6.45) is 0. The Morgan fingerprint density at radius 2 is 1.83 bits per heavy atom. The number of para-hydroxylation sites is 1. The van der Waals surface area contributed by atoms with E-state index in [0.29, 0.717) is 5.56 Å². The minimum atomic E-state index is -0.568. The zero-order valence-electron chi connectivity index (χ0n) is 9.15. The van der Waals surface area contributed by atoms with Crippen LogP contribution in [0, 0.1) is 5.82 Å². The van der Waals surface area contributed by atoms with Gasteiger partial charge in [0.05, 0.1) is 10.7 Å². The highest BCUT2D eigenvalue weighted by atomic mass is 35.5. The lowest BCUT2D eigenvalue weighted by Crippen LogP contribution is -2.13. The van der Waals surface area contributed by atoms with Crippen molar-refractivity contribution >= 4 is 35.8 Å². The highest BCUT2D eigenvalue weighted by molar-refractivity contribution is 7.80. The van der Waals surface area contributed by atoms with E-state index in [-0.39, 0.29) is 10.7 Å². The van der Waals surface area contributed by atoms with Crippen LogP contribution in [0.1, 0.15) is 10.4 Å². The Bertz CT molecular complexity index is 566. The van der Waals surface area contributed by atoms with E-state index in [2.05, 4.69) is 17.9 Å². The Morgan fingerprint density at radius 3 is 2.44 bits per heavy atom. The van der Waals surface area contributed by atoms with Crippen LogP contribution in [0.4, 0.5) is 10.1 Å². The largest absolute Gasteiger partial charge is 0.318 e. The van der Waals surface area contributed by atoms with Crippen LogP contribution in [-0.2, 0) is 0 Å². The average molecular weight is 282 g/mol. The second-order valence-corrected chi connectivity index (χ2v) is 4.52. The van der Waals surface area contributed by atoms with E-state index in [1.54, 1.807) is 24.3 Å². The van der Waals surface area contributed by atoms with Crippen molar-refractivity contribution in [1.82, 2.24) is 0 Å². The van der Waals surface area contributed by atoms with Gasteiger partial charge in [-0.15, -0.1) is 12.6 Å². The molecule has 2 aromatic rings. The molecular weight excluding hydrogens is 273 g/mol. The van der Waals surface area contributed by atoms with Gasteiger partial charge in [-0.2, -0.15) is 0 Å². The molecule has 5 heteroatoms. The van der Waals surface area contributed by atoms with Gasteiger partial charge in [-0.3, -0.25) is 4.79 Å². The number of anilines is 1. The molecule has 0 saturated carbocycles. The number of amides is 1. The van der Waals surface area contributed by atoms with Crippen LogP contribution in [0.5, 0.6) is 0 Å². The Morgan fingerprint density at radius 1 is 1.17 bits per heavy atom. The first-order chi connectivity index (χ1) is 8.58. The lowest BCUT2D eigenvalue weighted by atomic mass is 10.2. The molecule has 92 valence electrons. The summed E-state index contributed by atoms with van der Waals surface area (Å²) in [6.45, 7) is 0. The van der Waals surface area contributed by atoms with Crippen LogP contribution < -0.4 is 5.32 Å². The maximum Gasteiger partial charge on any atom is 0.255 e. The molecule has 0 aromatic heterocycles. The average Bonchev–Trinajstić information content (AvgIpc) is 2.34. The summed E-state index contributed by atoms with van der Waals surface area (Å²) in [4.78, 5) is 12.6. The lowest BCUT2D eigenvalue weighted by molar-refractivity contribution is 0.102. The number of hydrogen-bond donors (Lipinski definition) is 2. The number of carbonyl (C=O) groups is 1. The predicted molar refractivity (Wildman–Crippen MR) is 73.1 cm³/mol. The van der Waals surface area contributed by atoms with Crippen LogP contribution in [0.15, 0.2) is 47.4 Å². The van der Waals surface area contributed by atoms with Crippen molar-refractivity contribution in [2.75, 3.05) is 5.32 Å². The van der Waals surface area contributed by atoms with Gasteiger partial charge in [-0.1, -0.05) is 17.7 Å². The molecule has 0 atom stereocenters. The molecule has 0 saturated heterocycles. The lowest BCUT2D eigenvalue weighted by Gasteiger charge is -2.08. The zero-order valence-corrected chi connectivity index (χ0v) is 10.8. The smallest absolute Gasteiger partial charge is 0.255 e. The fourth-order valence-electron chi connectivity index (χ4n) is 1.42. The monoisotopic (exact) mass is 281 g/mol. The molecular formula is C13H9ClFNOS. The third-order valence-corrected chi connectivity index (χ3v) is 2.94. The molecule has 0 fully saturated rings. The molecule has 0 aliphatic heterocycles. The van der Waals surface area contributed by atoms with Crippen molar-refractivity contribution in [1.29, 1.82) is 0 Å². The Kier molecular flexibility index (Phi) is 3.89. The fraction of sp³-hybridized carbons (Fsp3) is 0. The molecule has 2 nitrogen and oxygen atoms in total. The van der Waals surface area contributed by atoms with Gasteiger partial charge in [0.1, 0.15) is 5.82 Å². The first kappa shape index (κ1) is 12.9. The molecule has 2 rings (SSSR count). The van der Waals surface area contributed by atoms with Gasteiger partial charge in [0.25, 0.3) is 5.91 Å². The fourth-order valence-corrected chi connectivity index (χ4v) is 1.78. The van der Waals surface area contributed by atoms with Gasteiger partial charge in [-0.05, 0) is 36.4 Å². The summed E-state index contributed by atoms with van der Waals surface area (Å²) in [5, 5.41) is 2.60. The maximum absolute atomic E-state index is 13.5. The quantitative estimate of drug-likeness (QED) is 0.800. The highest BCUT2D eigenvalue weighted by Crippen LogP contribution is 2.25. The van der Waals surface area contributed by atoms with Crippen LogP contribution in [0.2, 0.25) is 5.02 Å². The summed E-state index contributed by atoms with van der Waals surface area (Å²) in [7, 11) is 0. The van der Waals surface area contributed by atoms with Crippen molar-refractivity contribution < 1.29 is 9.18 Å². The van der Waals surface area contributed by atoms with E-state index in [1.165, 1.54) is 18.2 Å². The minimum absolute atomic E-state index is 0.0147. The van der Waals surface area contributed by atoms with Gasteiger partial charge >= 0.3 is 0 Å². The van der Waals surface area contributed by atoms with Crippen molar-refractivity contribution in [2.24, 2.45) is 0 Å². The number of halogens is 2. The predicted octanol–water partition coefficient (Wildman–Crippen LogP) is 4.02. The molecule has 0 bridgehead atoms. The normalized spacial score (nSPS) is 10.2. The number of nitrogens with one attached hydrogen (secondary N) is 1. The summed E-state index contributed by atoms with van der Waals surface area (Å²) < 4.78 is 13.5. The van der Waals surface area contributed by atoms with E-state index in [1.807, 2.05) is 0 Å². The molecule has 1 amide bonds. The van der Waals surface area contributed by atoms with E-state index >= 15 is 0 Å². The number of rotatable bonds is 2. The Labute approximate surface area is 114 Å². The van der Waals surface area contributed by atoms with Gasteiger partial charge in [-0.25, -0.2) is 4.39 Å². The first-order valence-electron chi connectivity index (χ1n) is 5.12. The van der Waals surface area contributed by atoms with Crippen molar-refractivity contribution in [3.8, 4) is 0 Å². The molecule has 0 radical (unpaired) electrons. The minimum Gasteiger partial charge on any atom is -0.318 e. The topological polar surface area (TPSA) is 29.1 Å². The van der Waals surface area contributed by atoms with Gasteiger partial charge in [0.15, 0.2) is 0 Å². The second-order valence-electron chi connectivity index (χ2n) is 3.60. The molecule has 0 aliphatic carbocycles. The Balaban J connectivity index is 2.24. The number of hydrogen-bond acceptors (Lipinski definition) is 2. The number of thiol groups is 1. The molecule has 18 heavy (non-hydrogen) atoms. The van der Waals surface area contributed by atoms with E-state index in [9.17, 15) is 9.18 Å². The molecule has 1 N–H and O–H groups in total. The second kappa shape index (κ2) is 5.42. The first-order valence-corrected chi connectivity index (χ1v) is 5.95. The van der Waals surface area contributed by atoms with Crippen LogP contribution in [0.25, 0.3) is 0 Å². The van der Waals surface area contributed by atoms with Gasteiger partial charge in [0, 0.05) is 10.5 Å².